The van der Waals surface area contributed by atoms with Crippen molar-refractivity contribution in [3.05, 3.63) is 63.3 Å². The SMILES string of the molecule is CNC(=O)c1cc(-n2ccc(C)c(C(=O)O)c2=O)ccc1F. The molecule has 0 spiro atoms. The first-order valence-electron chi connectivity index (χ1n) is 6.34. The van der Waals surface area contributed by atoms with E-state index >= 15 is 0 Å². The number of rotatable bonds is 3. The lowest BCUT2D eigenvalue weighted by molar-refractivity contribution is 0.0693. The number of pyridine rings is 1. The molecule has 2 N–H and O–H groups in total. The van der Waals surface area contributed by atoms with E-state index in [9.17, 15) is 18.8 Å². The molecule has 7 heteroatoms. The van der Waals surface area contributed by atoms with Gasteiger partial charge in [0.2, 0.25) is 0 Å². The first-order chi connectivity index (χ1) is 10.4. The van der Waals surface area contributed by atoms with Crippen molar-refractivity contribution in [3.63, 3.8) is 0 Å². The van der Waals surface area contributed by atoms with Crippen molar-refractivity contribution < 1.29 is 19.1 Å². The molecule has 1 amide bonds. The van der Waals surface area contributed by atoms with Crippen LogP contribution in [0.1, 0.15) is 26.3 Å². The Balaban J connectivity index is 2.68. The minimum atomic E-state index is -1.34. The van der Waals surface area contributed by atoms with Gasteiger partial charge < -0.3 is 10.4 Å². The Morgan fingerprint density at radius 2 is 1.95 bits per heavy atom. The van der Waals surface area contributed by atoms with Gasteiger partial charge in [-0.25, -0.2) is 9.18 Å². The molecule has 1 aromatic heterocycles. The summed E-state index contributed by atoms with van der Waals surface area (Å²) in [6.07, 6.45) is 1.38. The van der Waals surface area contributed by atoms with Gasteiger partial charge in [0.05, 0.1) is 5.56 Å². The fraction of sp³-hybridized carbons (Fsp3) is 0.133. The standard InChI is InChI=1S/C15H13FN2O4/c1-8-5-6-18(14(20)12(8)15(21)22)9-3-4-11(16)10(7-9)13(19)17-2/h3-7H,1-2H3,(H,17,19)(H,21,22). The van der Waals surface area contributed by atoms with Gasteiger partial charge in [-0.15, -0.1) is 0 Å². The van der Waals surface area contributed by atoms with E-state index in [1.165, 1.54) is 38.4 Å². The highest BCUT2D eigenvalue weighted by molar-refractivity contribution is 5.94. The molecule has 0 saturated heterocycles. The normalized spacial score (nSPS) is 10.3. The van der Waals surface area contributed by atoms with Crippen molar-refractivity contribution in [2.75, 3.05) is 7.05 Å². The fourth-order valence-corrected chi connectivity index (χ4v) is 2.06. The van der Waals surface area contributed by atoms with Crippen LogP contribution < -0.4 is 10.9 Å². The summed E-state index contributed by atoms with van der Waals surface area (Å²) in [5.74, 6) is -2.72. The van der Waals surface area contributed by atoms with Crippen molar-refractivity contribution in [2.45, 2.75) is 6.92 Å². The van der Waals surface area contributed by atoms with Crippen LogP contribution in [0.4, 0.5) is 4.39 Å². The van der Waals surface area contributed by atoms with Gasteiger partial charge in [0.1, 0.15) is 11.4 Å². The van der Waals surface area contributed by atoms with Crippen molar-refractivity contribution in [1.82, 2.24) is 9.88 Å². The van der Waals surface area contributed by atoms with Crippen LogP contribution in [0.2, 0.25) is 0 Å². The molecule has 114 valence electrons. The second kappa shape index (κ2) is 5.80. The number of carbonyl (C=O) groups is 2. The van der Waals surface area contributed by atoms with E-state index in [1.54, 1.807) is 0 Å². The molecule has 0 aliphatic rings. The predicted octanol–water partition coefficient (Wildman–Crippen LogP) is 1.34. The van der Waals surface area contributed by atoms with Crippen LogP contribution in [0.25, 0.3) is 5.69 Å². The maximum absolute atomic E-state index is 13.7. The highest BCUT2D eigenvalue weighted by atomic mass is 19.1. The smallest absolute Gasteiger partial charge is 0.341 e. The number of amides is 1. The van der Waals surface area contributed by atoms with Gasteiger partial charge in [-0.3, -0.25) is 14.2 Å². The third kappa shape index (κ3) is 2.60. The summed E-state index contributed by atoms with van der Waals surface area (Å²) in [5.41, 5.74) is -0.825. The molecule has 2 aromatic rings. The summed E-state index contributed by atoms with van der Waals surface area (Å²) < 4.78 is 14.7. The summed E-state index contributed by atoms with van der Waals surface area (Å²) in [6, 6.07) is 5.00. The van der Waals surface area contributed by atoms with Gasteiger partial charge in [-0.2, -0.15) is 0 Å². The van der Waals surface area contributed by atoms with Gasteiger partial charge in [-0.05, 0) is 36.8 Å². The van der Waals surface area contributed by atoms with Crippen LogP contribution >= 0.6 is 0 Å². The second-order valence-corrected chi connectivity index (χ2v) is 4.60. The highest BCUT2D eigenvalue weighted by Gasteiger charge is 2.17. The number of aromatic nitrogens is 1. The quantitative estimate of drug-likeness (QED) is 0.895. The third-order valence-electron chi connectivity index (χ3n) is 3.21. The Morgan fingerprint density at radius 1 is 1.27 bits per heavy atom. The molecule has 1 aromatic carbocycles. The van der Waals surface area contributed by atoms with E-state index in [2.05, 4.69) is 5.32 Å². The van der Waals surface area contributed by atoms with Crippen LogP contribution in [0, 0.1) is 12.7 Å². The molecule has 0 fully saturated rings. The fourth-order valence-electron chi connectivity index (χ4n) is 2.06. The first-order valence-corrected chi connectivity index (χ1v) is 6.34. The predicted molar refractivity (Wildman–Crippen MR) is 77.1 cm³/mol. The minimum Gasteiger partial charge on any atom is -0.477 e. The number of aryl methyl sites for hydroxylation is 1. The maximum Gasteiger partial charge on any atom is 0.341 e. The molecule has 0 saturated carbocycles. The lowest BCUT2D eigenvalue weighted by Crippen LogP contribution is -2.26. The van der Waals surface area contributed by atoms with Crippen LogP contribution in [0.5, 0.6) is 0 Å². The zero-order valence-corrected chi connectivity index (χ0v) is 11.9. The Labute approximate surface area is 124 Å². The van der Waals surface area contributed by atoms with Gasteiger partial charge in [-0.1, -0.05) is 0 Å². The number of carboxylic acids is 1. The van der Waals surface area contributed by atoms with Crippen molar-refractivity contribution in [3.8, 4) is 5.69 Å². The van der Waals surface area contributed by atoms with Crippen LogP contribution in [-0.4, -0.2) is 28.6 Å². The molecule has 6 nitrogen and oxygen atoms in total. The number of benzene rings is 1. The molecule has 1 heterocycles. The molecule has 0 unspecified atom stereocenters. The average Bonchev–Trinajstić information content (AvgIpc) is 2.47. The number of aromatic carboxylic acids is 1. The molecule has 0 aliphatic carbocycles. The summed E-state index contributed by atoms with van der Waals surface area (Å²) in [7, 11) is 1.36. The van der Waals surface area contributed by atoms with E-state index in [-0.39, 0.29) is 16.8 Å². The van der Waals surface area contributed by atoms with Gasteiger partial charge in [0, 0.05) is 18.9 Å². The highest BCUT2D eigenvalue weighted by Crippen LogP contribution is 2.14. The number of hydrogen-bond acceptors (Lipinski definition) is 3. The average molecular weight is 304 g/mol. The van der Waals surface area contributed by atoms with E-state index in [0.717, 1.165) is 10.6 Å². The number of halogens is 1. The molecule has 0 bridgehead atoms. The summed E-state index contributed by atoms with van der Waals surface area (Å²) in [4.78, 5) is 35.0. The van der Waals surface area contributed by atoms with Gasteiger partial charge in [0.15, 0.2) is 0 Å². The molecule has 0 aliphatic heterocycles. The van der Waals surface area contributed by atoms with E-state index in [4.69, 9.17) is 5.11 Å². The first kappa shape index (κ1) is 15.4. The number of nitrogens with one attached hydrogen (secondary N) is 1. The van der Waals surface area contributed by atoms with Gasteiger partial charge in [0.25, 0.3) is 11.5 Å². The summed E-state index contributed by atoms with van der Waals surface area (Å²) >= 11 is 0. The third-order valence-corrected chi connectivity index (χ3v) is 3.21. The number of carboxylic acid groups (broad SMARTS) is 1. The van der Waals surface area contributed by atoms with Crippen LogP contribution in [-0.2, 0) is 0 Å². The Bertz CT molecular complexity index is 827. The molecular weight excluding hydrogens is 291 g/mol. The second-order valence-electron chi connectivity index (χ2n) is 4.60. The zero-order chi connectivity index (χ0) is 16.4. The molecule has 0 atom stereocenters. The number of nitrogens with zero attached hydrogens (tertiary/aromatic N) is 1. The van der Waals surface area contributed by atoms with Crippen molar-refractivity contribution >= 4 is 11.9 Å². The Hall–Kier alpha value is -2.96. The summed E-state index contributed by atoms with van der Waals surface area (Å²) in [5, 5.41) is 11.4. The zero-order valence-electron chi connectivity index (χ0n) is 11.9. The Kier molecular flexibility index (Phi) is 4.07. The topological polar surface area (TPSA) is 88.4 Å². The molecule has 22 heavy (non-hydrogen) atoms. The Morgan fingerprint density at radius 3 is 2.55 bits per heavy atom. The number of hydrogen-bond donors (Lipinski definition) is 2. The van der Waals surface area contributed by atoms with E-state index < -0.39 is 23.3 Å². The molecular formula is C15H13FN2O4. The van der Waals surface area contributed by atoms with Crippen molar-refractivity contribution in [2.24, 2.45) is 0 Å². The lowest BCUT2D eigenvalue weighted by Gasteiger charge is -2.10. The van der Waals surface area contributed by atoms with Crippen LogP contribution in [0.3, 0.4) is 0 Å². The summed E-state index contributed by atoms with van der Waals surface area (Å²) in [6.45, 7) is 1.51. The molecule has 0 radical (unpaired) electrons. The minimum absolute atomic E-state index is 0.201. The maximum atomic E-state index is 13.7. The van der Waals surface area contributed by atoms with E-state index in [0.29, 0.717) is 5.56 Å². The van der Waals surface area contributed by atoms with Crippen LogP contribution in [0.15, 0.2) is 35.3 Å². The largest absolute Gasteiger partial charge is 0.477 e. The number of carbonyl (C=O) groups excluding carboxylic acids is 1. The van der Waals surface area contributed by atoms with Crippen molar-refractivity contribution in [1.29, 1.82) is 0 Å². The van der Waals surface area contributed by atoms with Gasteiger partial charge >= 0.3 is 5.97 Å². The monoisotopic (exact) mass is 304 g/mol. The van der Waals surface area contributed by atoms with E-state index in [1.807, 2.05) is 0 Å². The lowest BCUT2D eigenvalue weighted by atomic mass is 10.1. The molecule has 2 rings (SSSR count).